The van der Waals surface area contributed by atoms with Crippen molar-refractivity contribution in [1.82, 2.24) is 10.2 Å². The van der Waals surface area contributed by atoms with Crippen LogP contribution in [0.2, 0.25) is 0 Å². The Morgan fingerprint density at radius 1 is 1.28 bits per heavy atom. The number of carboxylic acids is 1. The number of aliphatic carboxylic acids is 1. The van der Waals surface area contributed by atoms with E-state index in [0.717, 1.165) is 6.07 Å². The molecule has 1 rings (SSSR count). The van der Waals surface area contributed by atoms with E-state index >= 15 is 0 Å². The maximum Gasteiger partial charge on any atom is 0.419 e. The van der Waals surface area contributed by atoms with E-state index in [-0.39, 0.29) is 37.9 Å². The maximum absolute atomic E-state index is 12.9. The highest BCUT2D eigenvalue weighted by Gasteiger charge is 2.34. The summed E-state index contributed by atoms with van der Waals surface area (Å²) in [6.07, 6.45) is -4.53. The molecular weight excluding hydrogens is 341 g/mol. The van der Waals surface area contributed by atoms with Crippen molar-refractivity contribution in [2.75, 3.05) is 26.2 Å². The van der Waals surface area contributed by atoms with Crippen LogP contribution >= 0.6 is 0 Å². The van der Waals surface area contributed by atoms with Crippen LogP contribution in [0.3, 0.4) is 0 Å². The van der Waals surface area contributed by atoms with Crippen LogP contribution in [-0.4, -0.2) is 54.2 Å². The molecule has 1 amide bonds. The number of hydrogen-bond donors (Lipinski definition) is 2. The summed E-state index contributed by atoms with van der Waals surface area (Å²) in [5, 5.41) is 11.7. The topological polar surface area (TPSA) is 78.9 Å². The van der Waals surface area contributed by atoms with Crippen molar-refractivity contribution in [3.05, 3.63) is 29.8 Å². The molecule has 0 saturated heterocycles. The Hall–Kier alpha value is -2.29. The predicted octanol–water partition coefficient (Wildman–Crippen LogP) is 2.00. The van der Waals surface area contributed by atoms with E-state index in [1.54, 1.807) is 0 Å². The Kier molecular flexibility index (Phi) is 7.69. The standard InChI is InChI=1S/C16H21F3N2O4/c1-11(15(23)24)21(8-7-20-12(2)22)9-10-25-14-6-4-3-5-13(14)16(17,18)19/h3-6,11H,7-10H2,1-2H3,(H,20,22)(H,23,24). The molecule has 1 unspecified atom stereocenters. The normalized spacial score (nSPS) is 12.7. The van der Waals surface area contributed by atoms with Crippen molar-refractivity contribution in [2.45, 2.75) is 26.1 Å². The molecule has 1 aromatic rings. The molecule has 0 spiro atoms. The van der Waals surface area contributed by atoms with E-state index in [0.29, 0.717) is 0 Å². The van der Waals surface area contributed by atoms with Gasteiger partial charge in [0.05, 0.1) is 5.56 Å². The summed E-state index contributed by atoms with van der Waals surface area (Å²) in [4.78, 5) is 23.5. The number of benzene rings is 1. The summed E-state index contributed by atoms with van der Waals surface area (Å²) in [5.74, 6) is -1.63. The van der Waals surface area contributed by atoms with Crippen molar-refractivity contribution in [3.8, 4) is 5.75 Å². The van der Waals surface area contributed by atoms with Gasteiger partial charge in [-0.1, -0.05) is 12.1 Å². The molecule has 1 atom stereocenters. The smallest absolute Gasteiger partial charge is 0.419 e. The summed E-state index contributed by atoms with van der Waals surface area (Å²) >= 11 is 0. The highest BCUT2D eigenvalue weighted by Crippen LogP contribution is 2.35. The molecule has 1 aromatic carbocycles. The van der Waals surface area contributed by atoms with Crippen LogP contribution in [0.1, 0.15) is 19.4 Å². The van der Waals surface area contributed by atoms with Gasteiger partial charge in [-0.2, -0.15) is 13.2 Å². The Bertz CT molecular complexity index is 593. The molecule has 6 nitrogen and oxygen atoms in total. The number of alkyl halides is 3. The van der Waals surface area contributed by atoms with Crippen LogP contribution in [0.15, 0.2) is 24.3 Å². The van der Waals surface area contributed by atoms with Gasteiger partial charge in [-0.15, -0.1) is 0 Å². The van der Waals surface area contributed by atoms with Gasteiger partial charge in [0.1, 0.15) is 18.4 Å². The van der Waals surface area contributed by atoms with Crippen LogP contribution in [0.5, 0.6) is 5.75 Å². The molecule has 0 fully saturated rings. The highest BCUT2D eigenvalue weighted by molar-refractivity contribution is 5.73. The van der Waals surface area contributed by atoms with Crippen LogP contribution in [0.25, 0.3) is 0 Å². The monoisotopic (exact) mass is 362 g/mol. The molecule has 0 bridgehead atoms. The molecular formula is C16H21F3N2O4. The number of halogens is 3. The van der Waals surface area contributed by atoms with Gasteiger partial charge in [-0.05, 0) is 19.1 Å². The third-order valence-electron chi connectivity index (χ3n) is 3.51. The van der Waals surface area contributed by atoms with E-state index in [1.807, 2.05) is 0 Å². The van der Waals surface area contributed by atoms with Crippen LogP contribution in [0.4, 0.5) is 13.2 Å². The SMILES string of the molecule is CC(=O)NCCN(CCOc1ccccc1C(F)(F)F)C(C)C(=O)O. The average molecular weight is 362 g/mol. The third kappa shape index (κ3) is 7.00. The van der Waals surface area contributed by atoms with Gasteiger partial charge in [-0.3, -0.25) is 14.5 Å². The quantitative estimate of drug-likeness (QED) is 0.702. The fourth-order valence-electron chi connectivity index (χ4n) is 2.13. The molecule has 0 aliphatic carbocycles. The van der Waals surface area contributed by atoms with Gasteiger partial charge in [0.2, 0.25) is 5.91 Å². The van der Waals surface area contributed by atoms with Crippen molar-refractivity contribution in [1.29, 1.82) is 0 Å². The van der Waals surface area contributed by atoms with E-state index in [1.165, 1.54) is 36.9 Å². The number of ether oxygens (including phenoxy) is 1. The third-order valence-corrected chi connectivity index (χ3v) is 3.51. The number of hydrogen-bond acceptors (Lipinski definition) is 4. The maximum atomic E-state index is 12.9. The fraction of sp³-hybridized carbons (Fsp3) is 0.500. The lowest BCUT2D eigenvalue weighted by Crippen LogP contribution is -2.45. The number of rotatable bonds is 9. The number of nitrogens with zero attached hydrogens (tertiary/aromatic N) is 1. The van der Waals surface area contributed by atoms with Gasteiger partial charge >= 0.3 is 12.1 Å². The van der Waals surface area contributed by atoms with Gasteiger partial charge in [-0.25, -0.2) is 0 Å². The molecule has 0 aliphatic rings. The lowest BCUT2D eigenvalue weighted by molar-refractivity contribution is -0.142. The van der Waals surface area contributed by atoms with Gasteiger partial charge in [0.25, 0.3) is 0 Å². The summed E-state index contributed by atoms with van der Waals surface area (Å²) < 4.78 is 43.9. The summed E-state index contributed by atoms with van der Waals surface area (Å²) in [6.45, 7) is 3.23. The largest absolute Gasteiger partial charge is 0.492 e. The zero-order chi connectivity index (χ0) is 19.0. The number of amides is 1. The van der Waals surface area contributed by atoms with Crippen molar-refractivity contribution in [3.63, 3.8) is 0 Å². The van der Waals surface area contributed by atoms with E-state index in [2.05, 4.69) is 5.32 Å². The van der Waals surface area contributed by atoms with E-state index < -0.39 is 23.8 Å². The first-order valence-electron chi connectivity index (χ1n) is 7.63. The number of carboxylic acid groups (broad SMARTS) is 1. The predicted molar refractivity (Wildman–Crippen MR) is 84.3 cm³/mol. The fourth-order valence-corrected chi connectivity index (χ4v) is 2.13. The zero-order valence-electron chi connectivity index (χ0n) is 14.0. The average Bonchev–Trinajstić information content (AvgIpc) is 2.51. The first kappa shape index (κ1) is 20.8. The molecule has 0 aromatic heterocycles. The van der Waals surface area contributed by atoms with Crippen LogP contribution < -0.4 is 10.1 Å². The highest BCUT2D eigenvalue weighted by atomic mass is 19.4. The molecule has 9 heteroatoms. The van der Waals surface area contributed by atoms with Crippen molar-refractivity contribution >= 4 is 11.9 Å². The number of nitrogens with one attached hydrogen (secondary N) is 1. The Morgan fingerprint density at radius 3 is 2.48 bits per heavy atom. The van der Waals surface area contributed by atoms with Crippen molar-refractivity contribution in [2.24, 2.45) is 0 Å². The molecule has 140 valence electrons. The minimum Gasteiger partial charge on any atom is -0.492 e. The number of carbonyl (C=O) groups excluding carboxylic acids is 1. The number of carbonyl (C=O) groups is 2. The summed E-state index contributed by atoms with van der Waals surface area (Å²) in [6, 6.07) is 3.96. The molecule has 0 heterocycles. The second-order valence-electron chi connectivity index (χ2n) is 5.38. The Morgan fingerprint density at radius 2 is 1.92 bits per heavy atom. The Labute approximate surface area is 143 Å². The van der Waals surface area contributed by atoms with Crippen LogP contribution in [0, 0.1) is 0 Å². The number of para-hydroxylation sites is 1. The molecule has 0 aliphatic heterocycles. The van der Waals surface area contributed by atoms with E-state index in [9.17, 15) is 22.8 Å². The lowest BCUT2D eigenvalue weighted by Gasteiger charge is -2.26. The molecule has 0 saturated carbocycles. The van der Waals surface area contributed by atoms with Gasteiger partial charge in [0, 0.05) is 26.6 Å². The first-order chi connectivity index (χ1) is 11.6. The Balaban J connectivity index is 2.68. The van der Waals surface area contributed by atoms with Crippen molar-refractivity contribution < 1.29 is 32.6 Å². The second kappa shape index (κ2) is 9.26. The van der Waals surface area contributed by atoms with Gasteiger partial charge in [0.15, 0.2) is 0 Å². The minimum atomic E-state index is -4.53. The summed E-state index contributed by atoms with van der Waals surface area (Å²) in [7, 11) is 0. The first-order valence-corrected chi connectivity index (χ1v) is 7.63. The summed E-state index contributed by atoms with van der Waals surface area (Å²) in [5.41, 5.74) is -0.883. The van der Waals surface area contributed by atoms with Gasteiger partial charge < -0.3 is 15.2 Å². The lowest BCUT2D eigenvalue weighted by atomic mass is 10.2. The zero-order valence-corrected chi connectivity index (χ0v) is 14.0. The molecule has 2 N–H and O–H groups in total. The molecule has 25 heavy (non-hydrogen) atoms. The minimum absolute atomic E-state index is 0.0965. The van der Waals surface area contributed by atoms with E-state index in [4.69, 9.17) is 9.84 Å². The molecule has 0 radical (unpaired) electrons. The van der Waals surface area contributed by atoms with Crippen LogP contribution in [-0.2, 0) is 15.8 Å². The second-order valence-corrected chi connectivity index (χ2v) is 5.38.